The monoisotopic (exact) mass is 325 g/mol. The third kappa shape index (κ3) is 3.78. The lowest BCUT2D eigenvalue weighted by atomic mass is 9.78. The zero-order chi connectivity index (χ0) is 17.0. The average molecular weight is 325 g/mol. The predicted molar refractivity (Wildman–Crippen MR) is 81.7 cm³/mol. The van der Waals surface area contributed by atoms with Crippen LogP contribution in [0.1, 0.15) is 38.2 Å². The lowest BCUT2D eigenvalue weighted by molar-refractivity contribution is -0.122. The molecule has 0 saturated heterocycles. The van der Waals surface area contributed by atoms with E-state index in [2.05, 4.69) is 10.6 Å². The van der Waals surface area contributed by atoms with Crippen molar-refractivity contribution in [1.29, 1.82) is 0 Å². The second kappa shape index (κ2) is 6.93. The van der Waals surface area contributed by atoms with Gasteiger partial charge >= 0.3 is 6.03 Å². The Hall–Kier alpha value is -2.18. The Bertz CT molecular complexity index is 581. The van der Waals surface area contributed by atoms with E-state index in [1.165, 1.54) is 25.1 Å². The van der Waals surface area contributed by atoms with Crippen molar-refractivity contribution in [1.82, 2.24) is 10.6 Å². The van der Waals surface area contributed by atoms with Crippen LogP contribution in [0.15, 0.2) is 18.2 Å². The topological polar surface area (TPSA) is 84.2 Å². The summed E-state index contributed by atoms with van der Waals surface area (Å²) in [5, 5.41) is 4.95. The minimum atomic E-state index is -0.809. The van der Waals surface area contributed by atoms with Crippen molar-refractivity contribution >= 4 is 11.9 Å². The summed E-state index contributed by atoms with van der Waals surface area (Å²) in [6.07, 6.45) is 2.89. The Kier molecular flexibility index (Phi) is 5.18. The van der Waals surface area contributed by atoms with Crippen molar-refractivity contribution in [2.24, 2.45) is 5.73 Å². The number of hydrogen-bond donors (Lipinski definition) is 3. The molecule has 7 heteroatoms. The van der Waals surface area contributed by atoms with Gasteiger partial charge < -0.3 is 16.4 Å². The maximum atomic E-state index is 14.2. The molecule has 2 rings (SSSR count). The largest absolute Gasteiger partial charge is 0.353 e. The molecular formula is C16H21F2N3O2. The molecule has 0 bridgehead atoms. The SMILES string of the molecule is CC(NC(N)=O)C(=O)NCC1(c2c(F)cccc2F)CCCC1. The van der Waals surface area contributed by atoms with Gasteiger partial charge in [0.05, 0.1) is 0 Å². The first-order valence-electron chi connectivity index (χ1n) is 7.64. The Labute approximate surface area is 133 Å². The summed E-state index contributed by atoms with van der Waals surface area (Å²) in [5.74, 6) is -1.62. The minimum Gasteiger partial charge on any atom is -0.353 e. The summed E-state index contributed by atoms with van der Waals surface area (Å²) in [6, 6.07) is 2.18. The molecule has 23 heavy (non-hydrogen) atoms. The maximum absolute atomic E-state index is 14.2. The van der Waals surface area contributed by atoms with Crippen LogP contribution in [0.4, 0.5) is 13.6 Å². The fraction of sp³-hybridized carbons (Fsp3) is 0.500. The lowest BCUT2D eigenvalue weighted by Gasteiger charge is -2.31. The zero-order valence-corrected chi connectivity index (χ0v) is 13.0. The van der Waals surface area contributed by atoms with Crippen molar-refractivity contribution in [3.05, 3.63) is 35.4 Å². The van der Waals surface area contributed by atoms with E-state index in [9.17, 15) is 18.4 Å². The number of rotatable bonds is 5. The van der Waals surface area contributed by atoms with Gasteiger partial charge in [0.25, 0.3) is 0 Å². The highest BCUT2D eigenvalue weighted by atomic mass is 19.1. The van der Waals surface area contributed by atoms with Gasteiger partial charge in [-0.2, -0.15) is 0 Å². The van der Waals surface area contributed by atoms with Gasteiger partial charge in [0.2, 0.25) is 5.91 Å². The smallest absolute Gasteiger partial charge is 0.312 e. The molecule has 0 heterocycles. The predicted octanol–water partition coefficient (Wildman–Crippen LogP) is 1.95. The number of nitrogens with one attached hydrogen (secondary N) is 2. The second-order valence-electron chi connectivity index (χ2n) is 6.03. The normalized spacial score (nSPS) is 17.5. The summed E-state index contributed by atoms with van der Waals surface area (Å²) in [6.45, 7) is 1.61. The van der Waals surface area contributed by atoms with E-state index >= 15 is 0 Å². The number of halogens is 2. The fourth-order valence-corrected chi connectivity index (χ4v) is 3.26. The third-order valence-corrected chi connectivity index (χ3v) is 4.41. The zero-order valence-electron chi connectivity index (χ0n) is 13.0. The Balaban J connectivity index is 2.16. The van der Waals surface area contributed by atoms with Crippen LogP contribution in [0.3, 0.4) is 0 Å². The number of nitrogens with two attached hydrogens (primary N) is 1. The van der Waals surface area contributed by atoms with Crippen molar-refractivity contribution in [2.45, 2.75) is 44.1 Å². The minimum absolute atomic E-state index is 0.0355. The molecular weight excluding hydrogens is 304 g/mol. The molecule has 0 spiro atoms. The molecule has 1 saturated carbocycles. The molecule has 3 amide bonds. The van der Waals surface area contributed by atoms with E-state index in [0.717, 1.165) is 12.8 Å². The van der Waals surface area contributed by atoms with Crippen LogP contribution < -0.4 is 16.4 Å². The van der Waals surface area contributed by atoms with E-state index < -0.39 is 35.0 Å². The van der Waals surface area contributed by atoms with Crippen LogP contribution >= 0.6 is 0 Å². The van der Waals surface area contributed by atoms with Crippen LogP contribution in [0, 0.1) is 11.6 Å². The molecule has 126 valence electrons. The Morgan fingerprint density at radius 2 is 1.83 bits per heavy atom. The molecule has 1 aliphatic rings. The second-order valence-corrected chi connectivity index (χ2v) is 6.03. The Morgan fingerprint density at radius 3 is 2.35 bits per heavy atom. The molecule has 1 fully saturated rings. The van der Waals surface area contributed by atoms with Gasteiger partial charge in [-0.05, 0) is 31.9 Å². The van der Waals surface area contributed by atoms with Crippen molar-refractivity contribution < 1.29 is 18.4 Å². The molecule has 5 nitrogen and oxygen atoms in total. The highest BCUT2D eigenvalue weighted by Gasteiger charge is 2.40. The molecule has 1 aromatic carbocycles. The molecule has 0 aliphatic heterocycles. The molecule has 4 N–H and O–H groups in total. The van der Waals surface area contributed by atoms with Gasteiger partial charge in [-0.1, -0.05) is 18.9 Å². The van der Waals surface area contributed by atoms with Crippen LogP contribution in [0.2, 0.25) is 0 Å². The van der Waals surface area contributed by atoms with Gasteiger partial charge in [-0.15, -0.1) is 0 Å². The highest BCUT2D eigenvalue weighted by molar-refractivity contribution is 5.86. The first-order valence-corrected chi connectivity index (χ1v) is 7.64. The number of primary amides is 1. The van der Waals surface area contributed by atoms with Crippen LogP contribution in [0.5, 0.6) is 0 Å². The summed E-state index contributed by atoms with van der Waals surface area (Å²) in [4.78, 5) is 22.8. The van der Waals surface area contributed by atoms with Gasteiger partial charge in [-0.3, -0.25) is 4.79 Å². The third-order valence-electron chi connectivity index (χ3n) is 4.41. The molecule has 1 aromatic rings. The molecule has 1 aliphatic carbocycles. The van der Waals surface area contributed by atoms with E-state index in [1.54, 1.807) is 0 Å². The van der Waals surface area contributed by atoms with Crippen LogP contribution in [0.25, 0.3) is 0 Å². The van der Waals surface area contributed by atoms with Crippen molar-refractivity contribution in [3.8, 4) is 0 Å². The molecule has 0 radical (unpaired) electrons. The fourth-order valence-electron chi connectivity index (χ4n) is 3.26. The lowest BCUT2D eigenvalue weighted by Crippen LogP contribution is -2.49. The number of carbonyl (C=O) groups is 2. The highest BCUT2D eigenvalue weighted by Crippen LogP contribution is 2.42. The number of carbonyl (C=O) groups excluding carboxylic acids is 2. The standard InChI is InChI=1S/C16H21F2N3O2/c1-10(21-15(19)23)14(22)20-9-16(7-2-3-8-16)13-11(17)5-4-6-12(13)18/h4-6,10H,2-3,7-9H2,1H3,(H,20,22)(H3,19,21,23). The molecule has 1 atom stereocenters. The van der Waals surface area contributed by atoms with Crippen LogP contribution in [-0.4, -0.2) is 24.5 Å². The van der Waals surface area contributed by atoms with E-state index in [4.69, 9.17) is 5.73 Å². The summed E-state index contributed by atoms with van der Waals surface area (Å²) in [7, 11) is 0. The summed E-state index contributed by atoms with van der Waals surface area (Å²) in [5.41, 5.74) is 4.26. The first-order chi connectivity index (χ1) is 10.9. The molecule has 0 aromatic heterocycles. The van der Waals surface area contributed by atoms with Gasteiger partial charge in [0.1, 0.15) is 17.7 Å². The van der Waals surface area contributed by atoms with Crippen molar-refractivity contribution in [3.63, 3.8) is 0 Å². The van der Waals surface area contributed by atoms with Gasteiger partial charge in [0, 0.05) is 17.5 Å². The number of amides is 3. The van der Waals surface area contributed by atoms with Gasteiger partial charge in [-0.25, -0.2) is 13.6 Å². The van der Waals surface area contributed by atoms with E-state index in [0.29, 0.717) is 12.8 Å². The quantitative estimate of drug-likeness (QED) is 0.773. The van der Waals surface area contributed by atoms with Crippen LogP contribution in [-0.2, 0) is 10.2 Å². The Morgan fingerprint density at radius 1 is 1.26 bits per heavy atom. The molecule has 1 unspecified atom stereocenters. The maximum Gasteiger partial charge on any atom is 0.312 e. The van der Waals surface area contributed by atoms with Gasteiger partial charge in [0.15, 0.2) is 0 Å². The number of hydrogen-bond acceptors (Lipinski definition) is 2. The van der Waals surface area contributed by atoms with Crippen molar-refractivity contribution in [2.75, 3.05) is 6.54 Å². The number of benzene rings is 1. The first kappa shape index (κ1) is 17.2. The summed E-state index contributed by atoms with van der Waals surface area (Å²) >= 11 is 0. The number of urea groups is 1. The average Bonchev–Trinajstić information content (AvgIpc) is 2.93. The van der Waals surface area contributed by atoms with E-state index in [1.807, 2.05) is 0 Å². The summed E-state index contributed by atoms with van der Waals surface area (Å²) < 4.78 is 28.4. The van der Waals surface area contributed by atoms with E-state index in [-0.39, 0.29) is 12.1 Å².